The van der Waals surface area contributed by atoms with Gasteiger partial charge in [0.1, 0.15) is 6.04 Å². The summed E-state index contributed by atoms with van der Waals surface area (Å²) in [4.78, 5) is 34.2. The van der Waals surface area contributed by atoms with Crippen molar-refractivity contribution in [3.63, 3.8) is 0 Å². The molecule has 1 heterocycles. The number of nitrogens with one attached hydrogen (secondary N) is 1. The third-order valence-corrected chi connectivity index (χ3v) is 3.61. The van der Waals surface area contributed by atoms with E-state index in [0.29, 0.717) is 4.90 Å². The molecule has 0 aromatic heterocycles. The van der Waals surface area contributed by atoms with Gasteiger partial charge in [0.15, 0.2) is 5.11 Å². The van der Waals surface area contributed by atoms with Crippen LogP contribution < -0.4 is 5.32 Å². The molecule has 0 saturated heterocycles. The maximum Gasteiger partial charge on any atom is 0.414 e. The highest BCUT2D eigenvalue weighted by molar-refractivity contribution is 7.80. The van der Waals surface area contributed by atoms with Crippen molar-refractivity contribution in [2.24, 2.45) is 0 Å². The topological polar surface area (TPSA) is 133 Å². The van der Waals surface area contributed by atoms with Gasteiger partial charge in [-0.15, -0.1) is 0 Å². The number of carboxylic acid groups (broad SMARTS) is 2. The molecule has 1 aliphatic rings. The van der Waals surface area contributed by atoms with Gasteiger partial charge in [0.25, 0.3) is 5.69 Å². The van der Waals surface area contributed by atoms with Crippen LogP contribution >= 0.6 is 12.2 Å². The van der Waals surface area contributed by atoms with Gasteiger partial charge in [0.2, 0.25) is 0 Å². The van der Waals surface area contributed by atoms with Gasteiger partial charge in [-0.25, -0.2) is 14.5 Å². The molecule has 1 aromatic carbocycles. The zero-order valence-corrected chi connectivity index (χ0v) is 12.5. The molecule has 0 bridgehead atoms. The summed E-state index contributed by atoms with van der Waals surface area (Å²) in [5.41, 5.74) is -0.654. The normalized spacial score (nSPS) is 17.7. The Balaban J connectivity index is 2.78. The third kappa shape index (κ3) is 2.83. The van der Waals surface area contributed by atoms with Crippen LogP contribution in [0.3, 0.4) is 0 Å². The molecule has 0 radical (unpaired) electrons. The molecular formula is C13H11N3O6S. The summed E-state index contributed by atoms with van der Waals surface area (Å²) in [6.07, 6.45) is -1.52. The lowest BCUT2D eigenvalue weighted by atomic mass is 9.93. The number of hydrogen-bond acceptors (Lipinski definition) is 5. The molecule has 120 valence electrons. The fraction of sp³-hybridized carbons (Fsp3) is 0.154. The van der Waals surface area contributed by atoms with Gasteiger partial charge >= 0.3 is 12.1 Å². The molecule has 2 rings (SSSR count). The van der Waals surface area contributed by atoms with Gasteiger partial charge in [-0.3, -0.25) is 10.1 Å². The van der Waals surface area contributed by atoms with Crippen LogP contribution in [0.15, 0.2) is 35.5 Å². The molecule has 1 aliphatic heterocycles. The molecule has 1 aromatic rings. The van der Waals surface area contributed by atoms with Gasteiger partial charge in [-0.2, -0.15) is 0 Å². The minimum atomic E-state index is -1.52. The summed E-state index contributed by atoms with van der Waals surface area (Å²) in [5, 5.41) is 32.3. The Morgan fingerprint density at radius 2 is 1.96 bits per heavy atom. The number of nitrogens with zero attached hydrogens (tertiary/aromatic N) is 2. The highest BCUT2D eigenvalue weighted by atomic mass is 32.1. The first-order valence-electron chi connectivity index (χ1n) is 6.26. The van der Waals surface area contributed by atoms with Gasteiger partial charge in [-0.1, -0.05) is 12.1 Å². The minimum absolute atomic E-state index is 0.0690. The van der Waals surface area contributed by atoms with E-state index in [9.17, 15) is 29.9 Å². The number of carbonyl (C=O) groups is 2. The fourth-order valence-corrected chi connectivity index (χ4v) is 2.73. The predicted molar refractivity (Wildman–Crippen MR) is 81.8 cm³/mol. The second-order valence-electron chi connectivity index (χ2n) is 4.65. The summed E-state index contributed by atoms with van der Waals surface area (Å²) in [6.45, 7) is 1.41. The standard InChI is InChI=1S/C13H11N3O6S/c1-6-9(11(17)18)10(15(13(19)20)12(23)14-6)7-4-2-3-5-8(7)16(21)22/h2-5,10H,1H3,(H,14,23)(H,17,18)(H,19,20). The number of rotatable bonds is 3. The lowest BCUT2D eigenvalue weighted by Gasteiger charge is -2.35. The number of nitro benzene ring substituents is 1. The first-order chi connectivity index (χ1) is 10.8. The second-order valence-corrected chi connectivity index (χ2v) is 5.03. The van der Waals surface area contributed by atoms with Crippen molar-refractivity contribution in [1.82, 2.24) is 10.2 Å². The molecule has 23 heavy (non-hydrogen) atoms. The van der Waals surface area contributed by atoms with Crippen LogP contribution in [-0.2, 0) is 4.79 Å². The second kappa shape index (κ2) is 6.01. The van der Waals surface area contributed by atoms with E-state index in [0.717, 1.165) is 0 Å². The van der Waals surface area contributed by atoms with Crippen LogP contribution in [-0.4, -0.2) is 37.2 Å². The Morgan fingerprint density at radius 3 is 2.48 bits per heavy atom. The fourth-order valence-electron chi connectivity index (χ4n) is 2.39. The number of hydrogen-bond donors (Lipinski definition) is 3. The van der Waals surface area contributed by atoms with E-state index >= 15 is 0 Å². The van der Waals surface area contributed by atoms with Crippen LogP contribution in [0.5, 0.6) is 0 Å². The average molecular weight is 337 g/mol. The minimum Gasteiger partial charge on any atom is -0.478 e. The Hall–Kier alpha value is -3.01. The Morgan fingerprint density at radius 1 is 1.35 bits per heavy atom. The molecule has 0 spiro atoms. The number of nitro groups is 1. The number of allylic oxidation sites excluding steroid dienone is 1. The Labute approximate surface area is 135 Å². The third-order valence-electron chi connectivity index (χ3n) is 3.31. The van der Waals surface area contributed by atoms with E-state index in [2.05, 4.69) is 5.32 Å². The van der Waals surface area contributed by atoms with E-state index < -0.39 is 23.0 Å². The number of aliphatic carboxylic acids is 1. The summed E-state index contributed by atoms with van der Waals surface area (Å²) < 4.78 is 0. The van der Waals surface area contributed by atoms with Crippen LogP contribution in [0.1, 0.15) is 18.5 Å². The van der Waals surface area contributed by atoms with Crippen molar-refractivity contribution in [3.8, 4) is 0 Å². The van der Waals surface area contributed by atoms with Gasteiger partial charge in [0, 0.05) is 11.8 Å². The van der Waals surface area contributed by atoms with Crippen molar-refractivity contribution in [2.75, 3.05) is 0 Å². The van der Waals surface area contributed by atoms with Gasteiger partial charge in [0.05, 0.1) is 16.1 Å². The Kier molecular flexibility index (Phi) is 4.27. The van der Waals surface area contributed by atoms with Crippen LogP contribution in [0.25, 0.3) is 0 Å². The molecule has 10 heteroatoms. The zero-order chi connectivity index (χ0) is 17.3. The van der Waals surface area contributed by atoms with Crippen molar-refractivity contribution in [3.05, 3.63) is 51.2 Å². The first-order valence-corrected chi connectivity index (χ1v) is 6.67. The van der Waals surface area contributed by atoms with Crippen LogP contribution in [0.4, 0.5) is 10.5 Å². The van der Waals surface area contributed by atoms with Gasteiger partial charge in [-0.05, 0) is 25.2 Å². The number of para-hydroxylation sites is 1. The van der Waals surface area contributed by atoms with E-state index in [4.69, 9.17) is 12.2 Å². The summed E-state index contributed by atoms with van der Waals surface area (Å²) in [6, 6.07) is 3.93. The molecule has 1 amide bonds. The molecular weight excluding hydrogens is 326 g/mol. The van der Waals surface area contributed by atoms with Crippen molar-refractivity contribution in [1.29, 1.82) is 0 Å². The first kappa shape index (κ1) is 16.4. The SMILES string of the molecule is CC1=C(C(=O)O)C(c2ccccc2[N+](=O)[O-])N(C(=O)O)C(=S)N1. The number of amides is 1. The van der Waals surface area contributed by atoms with Crippen molar-refractivity contribution >= 4 is 35.1 Å². The number of carboxylic acids is 1. The summed E-state index contributed by atoms with van der Waals surface area (Å²) >= 11 is 4.94. The Bertz CT molecular complexity index is 760. The molecule has 3 N–H and O–H groups in total. The zero-order valence-electron chi connectivity index (χ0n) is 11.7. The molecule has 0 saturated carbocycles. The summed E-state index contributed by atoms with van der Waals surface area (Å²) in [7, 11) is 0. The largest absolute Gasteiger partial charge is 0.478 e. The van der Waals surface area contributed by atoms with E-state index in [-0.39, 0.29) is 27.6 Å². The smallest absolute Gasteiger partial charge is 0.414 e. The summed E-state index contributed by atoms with van der Waals surface area (Å²) in [5.74, 6) is -1.40. The molecule has 1 atom stereocenters. The van der Waals surface area contributed by atoms with Gasteiger partial charge < -0.3 is 15.5 Å². The average Bonchev–Trinajstić information content (AvgIpc) is 2.45. The lowest BCUT2D eigenvalue weighted by Crippen LogP contribution is -2.50. The number of thiocarbonyl (C=S) groups is 1. The molecule has 0 aliphatic carbocycles. The monoisotopic (exact) mass is 337 g/mol. The maximum atomic E-state index is 11.6. The quantitative estimate of drug-likeness (QED) is 0.432. The van der Waals surface area contributed by atoms with E-state index in [1.54, 1.807) is 0 Å². The number of benzene rings is 1. The lowest BCUT2D eigenvalue weighted by molar-refractivity contribution is -0.385. The van der Waals surface area contributed by atoms with Crippen molar-refractivity contribution in [2.45, 2.75) is 13.0 Å². The molecule has 0 fully saturated rings. The van der Waals surface area contributed by atoms with E-state index in [1.165, 1.54) is 31.2 Å². The van der Waals surface area contributed by atoms with Crippen LogP contribution in [0.2, 0.25) is 0 Å². The predicted octanol–water partition coefficient (Wildman–Crippen LogP) is 1.86. The molecule has 1 unspecified atom stereocenters. The highest BCUT2D eigenvalue weighted by Crippen LogP contribution is 2.38. The van der Waals surface area contributed by atoms with Crippen molar-refractivity contribution < 1.29 is 24.7 Å². The maximum absolute atomic E-state index is 11.6. The molecule has 9 nitrogen and oxygen atoms in total. The van der Waals surface area contributed by atoms with Crippen LogP contribution in [0, 0.1) is 10.1 Å². The van der Waals surface area contributed by atoms with E-state index in [1.807, 2.05) is 0 Å². The highest BCUT2D eigenvalue weighted by Gasteiger charge is 2.42.